The van der Waals surface area contributed by atoms with Gasteiger partial charge in [0.2, 0.25) is 0 Å². The van der Waals surface area contributed by atoms with Crippen LogP contribution in [0.1, 0.15) is 34.8 Å². The average Bonchev–Trinajstić information content (AvgIpc) is 2.90. The number of rotatable bonds is 3. The van der Waals surface area contributed by atoms with Crippen LogP contribution in [0.15, 0.2) is 36.4 Å². The highest BCUT2D eigenvalue weighted by Gasteiger charge is 2.15. The van der Waals surface area contributed by atoms with Crippen molar-refractivity contribution in [1.29, 1.82) is 0 Å². The molecule has 0 saturated carbocycles. The zero-order valence-corrected chi connectivity index (χ0v) is 11.1. The number of halogens is 2. The summed E-state index contributed by atoms with van der Waals surface area (Å²) in [6.45, 7) is 0. The standard InChI is InChI=1S/C17H16F2O/c18-15-7-4-11(8-16(15)19)9-17(20)14-6-5-12-2-1-3-13(12)10-14/h4-8,10,17,20H,1-3,9H2. The number of benzene rings is 2. The second kappa shape index (κ2) is 5.33. The van der Waals surface area contributed by atoms with Crippen LogP contribution in [0.4, 0.5) is 8.78 Å². The van der Waals surface area contributed by atoms with Gasteiger partial charge in [0.15, 0.2) is 11.6 Å². The van der Waals surface area contributed by atoms with E-state index in [1.165, 1.54) is 17.2 Å². The molecule has 0 heterocycles. The highest BCUT2D eigenvalue weighted by Crippen LogP contribution is 2.27. The molecule has 1 nitrogen and oxygen atoms in total. The third kappa shape index (κ3) is 2.59. The van der Waals surface area contributed by atoms with E-state index in [1.807, 2.05) is 12.1 Å². The Morgan fingerprint density at radius 1 is 0.950 bits per heavy atom. The number of hydrogen-bond donors (Lipinski definition) is 1. The van der Waals surface area contributed by atoms with Crippen LogP contribution >= 0.6 is 0 Å². The first-order valence-electron chi connectivity index (χ1n) is 6.87. The lowest BCUT2D eigenvalue weighted by atomic mass is 9.98. The minimum Gasteiger partial charge on any atom is -0.388 e. The number of aliphatic hydroxyl groups is 1. The predicted molar refractivity (Wildman–Crippen MR) is 73.5 cm³/mol. The van der Waals surface area contributed by atoms with Crippen molar-refractivity contribution >= 4 is 0 Å². The Bertz CT molecular complexity index is 637. The summed E-state index contributed by atoms with van der Waals surface area (Å²) >= 11 is 0. The Morgan fingerprint density at radius 2 is 1.75 bits per heavy atom. The third-order valence-electron chi connectivity index (χ3n) is 3.92. The van der Waals surface area contributed by atoms with Crippen LogP contribution in [0.25, 0.3) is 0 Å². The lowest BCUT2D eigenvalue weighted by Gasteiger charge is -2.13. The smallest absolute Gasteiger partial charge is 0.159 e. The van der Waals surface area contributed by atoms with Gasteiger partial charge in [-0.25, -0.2) is 8.78 Å². The van der Waals surface area contributed by atoms with Gasteiger partial charge in [-0.1, -0.05) is 24.3 Å². The van der Waals surface area contributed by atoms with Gasteiger partial charge >= 0.3 is 0 Å². The summed E-state index contributed by atoms with van der Waals surface area (Å²) < 4.78 is 26.0. The van der Waals surface area contributed by atoms with Gasteiger partial charge in [-0.2, -0.15) is 0 Å². The second-order valence-corrected chi connectivity index (χ2v) is 5.35. The minimum absolute atomic E-state index is 0.288. The van der Waals surface area contributed by atoms with E-state index in [0.29, 0.717) is 5.56 Å². The molecule has 0 aromatic heterocycles. The molecule has 2 aromatic rings. The van der Waals surface area contributed by atoms with Crippen LogP contribution in [0, 0.1) is 11.6 Å². The summed E-state index contributed by atoms with van der Waals surface area (Å²) in [5.74, 6) is -1.73. The van der Waals surface area contributed by atoms with Gasteiger partial charge in [0.1, 0.15) is 0 Å². The molecule has 104 valence electrons. The average molecular weight is 274 g/mol. The summed E-state index contributed by atoms with van der Waals surface area (Å²) in [6.07, 6.45) is 2.93. The van der Waals surface area contributed by atoms with E-state index in [4.69, 9.17) is 0 Å². The van der Waals surface area contributed by atoms with Crippen molar-refractivity contribution in [3.05, 3.63) is 70.3 Å². The van der Waals surface area contributed by atoms with Crippen molar-refractivity contribution in [2.75, 3.05) is 0 Å². The number of aryl methyl sites for hydroxylation is 2. The van der Waals surface area contributed by atoms with Gasteiger partial charge in [-0.05, 0) is 53.6 Å². The zero-order valence-electron chi connectivity index (χ0n) is 11.1. The highest BCUT2D eigenvalue weighted by molar-refractivity contribution is 5.36. The maximum Gasteiger partial charge on any atom is 0.159 e. The summed E-state index contributed by atoms with van der Waals surface area (Å²) in [5.41, 5.74) is 4.09. The van der Waals surface area contributed by atoms with E-state index in [9.17, 15) is 13.9 Å². The minimum atomic E-state index is -0.872. The van der Waals surface area contributed by atoms with Gasteiger partial charge in [-0.15, -0.1) is 0 Å². The quantitative estimate of drug-likeness (QED) is 0.904. The molecular formula is C17H16F2O. The molecule has 20 heavy (non-hydrogen) atoms. The van der Waals surface area contributed by atoms with Crippen LogP contribution in [-0.4, -0.2) is 5.11 Å². The van der Waals surface area contributed by atoms with Crippen molar-refractivity contribution in [2.24, 2.45) is 0 Å². The van der Waals surface area contributed by atoms with E-state index >= 15 is 0 Å². The molecule has 3 heteroatoms. The molecule has 0 radical (unpaired) electrons. The Labute approximate surface area is 116 Å². The molecule has 1 atom stereocenters. The first kappa shape index (κ1) is 13.3. The molecule has 0 fully saturated rings. The fourth-order valence-corrected chi connectivity index (χ4v) is 2.81. The summed E-state index contributed by atoms with van der Waals surface area (Å²) in [4.78, 5) is 0. The number of aliphatic hydroxyl groups excluding tert-OH is 1. The molecule has 2 aromatic carbocycles. The van der Waals surface area contributed by atoms with Crippen molar-refractivity contribution < 1.29 is 13.9 Å². The fourth-order valence-electron chi connectivity index (χ4n) is 2.81. The Kier molecular flexibility index (Phi) is 3.53. The normalized spacial score (nSPS) is 15.2. The van der Waals surface area contributed by atoms with Gasteiger partial charge in [0.25, 0.3) is 0 Å². The molecule has 0 saturated heterocycles. The van der Waals surface area contributed by atoms with E-state index in [0.717, 1.165) is 37.0 Å². The van der Waals surface area contributed by atoms with Crippen molar-refractivity contribution in [2.45, 2.75) is 31.8 Å². The zero-order chi connectivity index (χ0) is 14.1. The topological polar surface area (TPSA) is 20.2 Å². The summed E-state index contributed by atoms with van der Waals surface area (Å²) in [6, 6.07) is 9.77. The number of hydrogen-bond acceptors (Lipinski definition) is 1. The largest absolute Gasteiger partial charge is 0.388 e. The van der Waals surface area contributed by atoms with Crippen LogP contribution in [-0.2, 0) is 19.3 Å². The maximum atomic E-state index is 13.2. The molecule has 0 bridgehead atoms. The molecule has 1 aliphatic carbocycles. The van der Waals surface area contributed by atoms with E-state index < -0.39 is 17.7 Å². The third-order valence-corrected chi connectivity index (χ3v) is 3.92. The van der Waals surface area contributed by atoms with Gasteiger partial charge in [0.05, 0.1) is 6.10 Å². The molecule has 0 aliphatic heterocycles. The SMILES string of the molecule is OC(Cc1ccc(F)c(F)c1)c1ccc2c(c1)CCC2. The molecule has 1 unspecified atom stereocenters. The Balaban J connectivity index is 1.78. The Hall–Kier alpha value is -1.74. The Morgan fingerprint density at radius 3 is 2.55 bits per heavy atom. The molecular weight excluding hydrogens is 258 g/mol. The highest BCUT2D eigenvalue weighted by atomic mass is 19.2. The van der Waals surface area contributed by atoms with Crippen molar-refractivity contribution in [3.8, 4) is 0 Å². The molecule has 0 amide bonds. The second-order valence-electron chi connectivity index (χ2n) is 5.35. The summed E-state index contributed by atoms with van der Waals surface area (Å²) in [7, 11) is 0. The van der Waals surface area contributed by atoms with Crippen LogP contribution in [0.3, 0.4) is 0 Å². The van der Waals surface area contributed by atoms with Gasteiger partial charge in [0, 0.05) is 6.42 Å². The van der Waals surface area contributed by atoms with Crippen molar-refractivity contribution in [3.63, 3.8) is 0 Å². The van der Waals surface area contributed by atoms with Gasteiger partial charge < -0.3 is 5.11 Å². The van der Waals surface area contributed by atoms with Crippen LogP contribution in [0.2, 0.25) is 0 Å². The van der Waals surface area contributed by atoms with E-state index in [1.54, 1.807) is 0 Å². The lowest BCUT2D eigenvalue weighted by molar-refractivity contribution is 0.178. The molecule has 3 rings (SSSR count). The lowest BCUT2D eigenvalue weighted by Crippen LogP contribution is -2.03. The molecule has 1 N–H and O–H groups in total. The van der Waals surface area contributed by atoms with E-state index in [-0.39, 0.29) is 6.42 Å². The summed E-state index contributed by atoms with van der Waals surface area (Å²) in [5, 5.41) is 10.2. The van der Waals surface area contributed by atoms with Crippen LogP contribution in [0.5, 0.6) is 0 Å². The van der Waals surface area contributed by atoms with Gasteiger partial charge in [-0.3, -0.25) is 0 Å². The molecule has 0 spiro atoms. The van der Waals surface area contributed by atoms with Crippen molar-refractivity contribution in [1.82, 2.24) is 0 Å². The first-order valence-corrected chi connectivity index (χ1v) is 6.87. The number of fused-ring (bicyclic) bond motifs is 1. The predicted octanol–water partition coefficient (Wildman–Crippen LogP) is 3.73. The molecule has 1 aliphatic rings. The monoisotopic (exact) mass is 274 g/mol. The fraction of sp³-hybridized carbons (Fsp3) is 0.294. The van der Waals surface area contributed by atoms with Crippen LogP contribution < -0.4 is 0 Å². The van der Waals surface area contributed by atoms with E-state index in [2.05, 4.69) is 6.07 Å². The maximum absolute atomic E-state index is 13.2. The first-order chi connectivity index (χ1) is 9.63.